The highest BCUT2D eigenvalue weighted by molar-refractivity contribution is 7.89. The van der Waals surface area contributed by atoms with Gasteiger partial charge in [0.1, 0.15) is 10.0 Å². The molecule has 1 saturated heterocycles. The first-order valence-electron chi connectivity index (χ1n) is 7.25. The lowest BCUT2D eigenvalue weighted by Crippen LogP contribution is -2.37. The summed E-state index contributed by atoms with van der Waals surface area (Å²) < 4.78 is 27.6. The van der Waals surface area contributed by atoms with Crippen molar-refractivity contribution in [3.63, 3.8) is 0 Å². The summed E-state index contributed by atoms with van der Waals surface area (Å²) in [6, 6.07) is 3.23. The van der Waals surface area contributed by atoms with Gasteiger partial charge in [-0.2, -0.15) is 4.31 Å². The van der Waals surface area contributed by atoms with Gasteiger partial charge in [-0.1, -0.05) is 32.4 Å². The molecule has 1 aromatic rings. The van der Waals surface area contributed by atoms with Gasteiger partial charge >= 0.3 is 0 Å². The van der Waals surface area contributed by atoms with Crippen molar-refractivity contribution in [2.24, 2.45) is 10.8 Å². The summed E-state index contributed by atoms with van der Waals surface area (Å²) in [5.41, 5.74) is 0.245. The summed E-state index contributed by atoms with van der Waals surface area (Å²) in [5.74, 6) is 0. The molecule has 0 amide bonds. The number of fused-ring (bicyclic) bond motifs is 2. The Balaban J connectivity index is 2.00. The molecule has 2 bridgehead atoms. The Hall–Kier alpha value is -0.650. The smallest absolute Gasteiger partial charge is 0.243 e. The Morgan fingerprint density at radius 1 is 1.33 bits per heavy atom. The van der Waals surface area contributed by atoms with E-state index in [0.29, 0.717) is 6.54 Å². The van der Waals surface area contributed by atoms with Gasteiger partial charge in [0, 0.05) is 18.8 Å². The lowest BCUT2D eigenvalue weighted by Gasteiger charge is -2.39. The Kier molecular flexibility index (Phi) is 3.39. The Bertz CT molecular complexity index is 674. The zero-order valence-corrected chi connectivity index (χ0v) is 14.2. The summed E-state index contributed by atoms with van der Waals surface area (Å²) in [7, 11) is -3.57. The first-order valence-corrected chi connectivity index (χ1v) is 9.07. The number of nitrogens with zero attached hydrogens (tertiary/aromatic N) is 2. The predicted octanol–water partition coefficient (Wildman–Crippen LogP) is 3.32. The van der Waals surface area contributed by atoms with Gasteiger partial charge in [0.15, 0.2) is 0 Å². The quantitative estimate of drug-likeness (QED) is 0.782. The van der Waals surface area contributed by atoms with Gasteiger partial charge in [-0.15, -0.1) is 0 Å². The van der Waals surface area contributed by atoms with E-state index in [4.69, 9.17) is 11.6 Å². The van der Waals surface area contributed by atoms with Crippen LogP contribution in [0.15, 0.2) is 23.2 Å². The molecule has 1 aromatic heterocycles. The normalized spacial score (nSPS) is 32.3. The molecule has 6 heteroatoms. The molecule has 2 atom stereocenters. The molecule has 21 heavy (non-hydrogen) atoms. The van der Waals surface area contributed by atoms with Crippen LogP contribution in [-0.4, -0.2) is 30.3 Å². The van der Waals surface area contributed by atoms with E-state index in [-0.39, 0.29) is 26.9 Å². The zero-order valence-electron chi connectivity index (χ0n) is 12.6. The van der Waals surface area contributed by atoms with Crippen LogP contribution in [0.5, 0.6) is 0 Å². The summed E-state index contributed by atoms with van der Waals surface area (Å²) in [5, 5.41) is 0.0587. The van der Waals surface area contributed by atoms with Crippen molar-refractivity contribution < 1.29 is 8.42 Å². The maximum absolute atomic E-state index is 13.0. The monoisotopic (exact) mass is 328 g/mol. The fourth-order valence-corrected chi connectivity index (χ4v) is 6.58. The van der Waals surface area contributed by atoms with Crippen molar-refractivity contribution in [2.75, 3.05) is 6.54 Å². The van der Waals surface area contributed by atoms with Gasteiger partial charge in [-0.05, 0) is 42.2 Å². The molecule has 2 unspecified atom stereocenters. The molecule has 1 saturated carbocycles. The van der Waals surface area contributed by atoms with E-state index in [1.54, 1.807) is 16.4 Å². The van der Waals surface area contributed by atoms with Crippen LogP contribution in [0.2, 0.25) is 5.15 Å². The molecule has 0 N–H and O–H groups in total. The second kappa shape index (κ2) is 4.67. The Morgan fingerprint density at radius 2 is 2.05 bits per heavy atom. The molecule has 2 fully saturated rings. The highest BCUT2D eigenvalue weighted by atomic mass is 35.5. The molecule has 1 aliphatic carbocycles. The summed E-state index contributed by atoms with van der Waals surface area (Å²) in [4.78, 5) is 4.03. The summed E-state index contributed by atoms with van der Waals surface area (Å²) in [6.07, 6.45) is 4.41. The maximum atomic E-state index is 13.0. The number of pyridine rings is 1. The minimum Gasteiger partial charge on any atom is -0.243 e. The van der Waals surface area contributed by atoms with Gasteiger partial charge in [0.05, 0.1) is 0 Å². The fourth-order valence-electron chi connectivity index (χ4n) is 4.38. The van der Waals surface area contributed by atoms with Crippen molar-refractivity contribution in [3.8, 4) is 0 Å². The van der Waals surface area contributed by atoms with Crippen molar-refractivity contribution in [2.45, 2.75) is 51.0 Å². The van der Waals surface area contributed by atoms with E-state index < -0.39 is 10.0 Å². The first kappa shape index (κ1) is 15.3. The molecular weight excluding hydrogens is 308 g/mol. The van der Waals surface area contributed by atoms with Crippen LogP contribution < -0.4 is 0 Å². The van der Waals surface area contributed by atoms with Gasteiger partial charge in [-0.25, -0.2) is 13.4 Å². The van der Waals surface area contributed by atoms with Gasteiger partial charge in [0.25, 0.3) is 0 Å². The molecule has 4 nitrogen and oxygen atoms in total. The molecule has 116 valence electrons. The van der Waals surface area contributed by atoms with Gasteiger partial charge < -0.3 is 0 Å². The number of sulfonamides is 1. The Morgan fingerprint density at radius 3 is 2.71 bits per heavy atom. The second-order valence-electron chi connectivity index (χ2n) is 7.56. The van der Waals surface area contributed by atoms with E-state index >= 15 is 0 Å². The van der Waals surface area contributed by atoms with E-state index in [0.717, 1.165) is 19.3 Å². The highest BCUT2D eigenvalue weighted by Crippen LogP contribution is 2.53. The van der Waals surface area contributed by atoms with Crippen LogP contribution >= 0.6 is 11.6 Å². The zero-order chi connectivity index (χ0) is 15.5. The SMILES string of the molecule is CC1(C)CC2CC(C)(CN2S(=O)(=O)c2cccnc2Cl)C1. The van der Waals surface area contributed by atoms with Crippen molar-refractivity contribution >= 4 is 21.6 Å². The molecule has 2 aliphatic rings. The van der Waals surface area contributed by atoms with E-state index in [1.165, 1.54) is 6.20 Å². The van der Waals surface area contributed by atoms with Crippen molar-refractivity contribution in [1.29, 1.82) is 0 Å². The number of rotatable bonds is 2. The lowest BCUT2D eigenvalue weighted by atomic mass is 9.65. The number of aromatic nitrogens is 1. The molecule has 2 heterocycles. The first-order chi connectivity index (χ1) is 9.63. The van der Waals surface area contributed by atoms with Crippen LogP contribution in [0, 0.1) is 10.8 Å². The largest absolute Gasteiger partial charge is 0.246 e. The van der Waals surface area contributed by atoms with Crippen LogP contribution in [-0.2, 0) is 10.0 Å². The molecule has 3 rings (SSSR count). The Labute approximate surface area is 131 Å². The van der Waals surface area contributed by atoms with Crippen molar-refractivity contribution in [3.05, 3.63) is 23.5 Å². The molecule has 1 aliphatic heterocycles. The van der Waals surface area contributed by atoms with Crippen molar-refractivity contribution in [1.82, 2.24) is 9.29 Å². The number of halogens is 1. The summed E-state index contributed by atoms with van der Waals surface area (Å²) >= 11 is 6.00. The molecular formula is C15H21ClN2O2S. The van der Waals surface area contributed by atoms with Crippen LogP contribution in [0.25, 0.3) is 0 Å². The topological polar surface area (TPSA) is 50.3 Å². The minimum absolute atomic E-state index is 0.0587. The third kappa shape index (κ3) is 2.60. The number of hydrogen-bond acceptors (Lipinski definition) is 3. The molecule has 0 spiro atoms. The number of hydrogen-bond donors (Lipinski definition) is 0. The second-order valence-corrected chi connectivity index (χ2v) is 9.77. The minimum atomic E-state index is -3.57. The fraction of sp³-hybridized carbons (Fsp3) is 0.667. The third-order valence-corrected chi connectivity index (χ3v) is 7.02. The van der Waals surface area contributed by atoms with Crippen LogP contribution in [0.1, 0.15) is 40.0 Å². The third-order valence-electron chi connectivity index (χ3n) is 4.68. The lowest BCUT2D eigenvalue weighted by molar-refractivity contribution is 0.133. The predicted molar refractivity (Wildman–Crippen MR) is 82.7 cm³/mol. The van der Waals surface area contributed by atoms with E-state index in [2.05, 4.69) is 25.8 Å². The molecule has 0 radical (unpaired) electrons. The van der Waals surface area contributed by atoms with Gasteiger partial charge in [-0.3, -0.25) is 0 Å². The summed E-state index contributed by atoms with van der Waals surface area (Å²) in [6.45, 7) is 7.23. The standard InChI is InChI=1S/C15H21ClN2O2S/c1-14(2)7-11-8-15(3,9-14)10-18(11)21(19,20)12-5-4-6-17-13(12)16/h4-6,11H,7-10H2,1-3H3. The van der Waals surface area contributed by atoms with E-state index in [9.17, 15) is 8.42 Å². The van der Waals surface area contributed by atoms with Crippen LogP contribution in [0.4, 0.5) is 0 Å². The van der Waals surface area contributed by atoms with E-state index in [1.807, 2.05) is 0 Å². The van der Waals surface area contributed by atoms with Crippen LogP contribution in [0.3, 0.4) is 0 Å². The average Bonchev–Trinajstić information content (AvgIpc) is 2.59. The average molecular weight is 329 g/mol. The molecule has 0 aromatic carbocycles. The highest BCUT2D eigenvalue weighted by Gasteiger charge is 2.53. The maximum Gasteiger partial charge on any atom is 0.246 e. The van der Waals surface area contributed by atoms with Gasteiger partial charge in [0.2, 0.25) is 10.0 Å².